The van der Waals surface area contributed by atoms with E-state index in [0.717, 1.165) is 0 Å². The van der Waals surface area contributed by atoms with Gasteiger partial charge in [0, 0.05) is 12.7 Å². The van der Waals surface area contributed by atoms with E-state index < -0.39 is 8.32 Å². The molecule has 0 spiro atoms. The minimum atomic E-state index is -3.05. The summed E-state index contributed by atoms with van der Waals surface area (Å²) in [5, 5.41) is 2.50. The van der Waals surface area contributed by atoms with Gasteiger partial charge in [0.15, 0.2) is 0 Å². The highest BCUT2D eigenvalue weighted by Crippen LogP contribution is 2.60. The molecular weight excluding hydrogens is 549 g/mol. The van der Waals surface area contributed by atoms with Crippen LogP contribution in [0.3, 0.4) is 0 Å². The molecule has 1 nitrogen and oxygen atoms in total. The lowest BCUT2D eigenvalue weighted by atomic mass is 9.89. The minimum Gasteiger partial charge on any atom is -0.410 e. The predicted molar refractivity (Wildman–Crippen MR) is 188 cm³/mol. The summed E-state index contributed by atoms with van der Waals surface area (Å²) in [5.74, 6) is 0. The Morgan fingerprint density at radius 1 is 0.364 bits per heavy atom. The van der Waals surface area contributed by atoms with Gasteiger partial charge in [-0.3, -0.25) is 0 Å². The van der Waals surface area contributed by atoms with Crippen molar-refractivity contribution in [3.05, 3.63) is 204 Å². The Hall–Kier alpha value is -5.02. The molecule has 212 valence electrons. The molecular formula is C42H34OSi. The van der Waals surface area contributed by atoms with Gasteiger partial charge in [-0.25, -0.2) is 0 Å². The van der Waals surface area contributed by atoms with Gasteiger partial charge in [0.05, 0.1) is 0 Å². The maximum absolute atomic E-state index is 7.14. The predicted octanol–water partition coefficient (Wildman–Crippen LogP) is 9.00. The Kier molecular flexibility index (Phi) is 7.77. The summed E-state index contributed by atoms with van der Waals surface area (Å²) < 4.78 is 7.14. The van der Waals surface area contributed by atoms with Crippen molar-refractivity contribution in [2.24, 2.45) is 0 Å². The average molecular weight is 583 g/mol. The molecule has 0 atom stereocenters. The van der Waals surface area contributed by atoms with Gasteiger partial charge in [0.1, 0.15) is 0 Å². The molecule has 0 fully saturated rings. The SMILES string of the molecule is CO[Si](c1ccccc1)(c1ccccc1)C1C(c2ccccc2)=C(c2ccccc2)C(c2ccccc2)=C1c1ccccc1. The largest absolute Gasteiger partial charge is 0.410 e. The van der Waals surface area contributed by atoms with Gasteiger partial charge in [0.2, 0.25) is 0 Å². The summed E-state index contributed by atoms with van der Waals surface area (Å²) in [6, 6.07) is 65.7. The van der Waals surface area contributed by atoms with Crippen LogP contribution in [0.15, 0.2) is 182 Å². The molecule has 0 N–H and O–H groups in total. The van der Waals surface area contributed by atoms with Crippen molar-refractivity contribution in [2.75, 3.05) is 7.11 Å². The molecule has 0 amide bonds. The van der Waals surface area contributed by atoms with E-state index in [0.29, 0.717) is 0 Å². The first-order valence-electron chi connectivity index (χ1n) is 15.2. The van der Waals surface area contributed by atoms with Gasteiger partial charge >= 0.3 is 0 Å². The van der Waals surface area contributed by atoms with Gasteiger partial charge in [-0.15, -0.1) is 0 Å². The van der Waals surface area contributed by atoms with Gasteiger partial charge in [-0.1, -0.05) is 182 Å². The van der Waals surface area contributed by atoms with Crippen LogP contribution < -0.4 is 10.4 Å². The smallest absolute Gasteiger partial charge is 0.267 e. The second-order valence-electron chi connectivity index (χ2n) is 11.1. The Balaban J connectivity index is 1.71. The molecule has 0 radical (unpaired) electrons. The van der Waals surface area contributed by atoms with Gasteiger partial charge in [0.25, 0.3) is 8.32 Å². The Morgan fingerprint density at radius 3 is 0.932 bits per heavy atom. The molecule has 0 saturated carbocycles. The molecule has 7 rings (SSSR count). The number of hydrogen-bond donors (Lipinski definition) is 0. The summed E-state index contributed by atoms with van der Waals surface area (Å²) in [6.45, 7) is 0. The van der Waals surface area contributed by atoms with Crippen LogP contribution in [0.1, 0.15) is 22.3 Å². The molecule has 2 heteroatoms. The summed E-state index contributed by atoms with van der Waals surface area (Å²) in [7, 11) is -1.11. The molecule has 6 aromatic carbocycles. The highest BCUT2D eigenvalue weighted by atomic mass is 28.4. The zero-order chi connectivity index (χ0) is 29.8. The monoisotopic (exact) mass is 582 g/mol. The molecule has 0 aliphatic heterocycles. The van der Waals surface area contributed by atoms with Crippen LogP contribution in [0.4, 0.5) is 0 Å². The maximum atomic E-state index is 7.14. The lowest BCUT2D eigenvalue weighted by Crippen LogP contribution is -2.63. The van der Waals surface area contributed by atoms with E-state index in [1.165, 1.54) is 54.9 Å². The van der Waals surface area contributed by atoms with Crippen LogP contribution in [-0.4, -0.2) is 15.4 Å². The third-order valence-electron chi connectivity index (χ3n) is 8.79. The summed E-state index contributed by atoms with van der Waals surface area (Å²) >= 11 is 0. The van der Waals surface area contributed by atoms with E-state index in [4.69, 9.17) is 4.43 Å². The van der Waals surface area contributed by atoms with E-state index in [-0.39, 0.29) is 5.54 Å². The summed E-state index contributed by atoms with van der Waals surface area (Å²) in [6.07, 6.45) is 0. The van der Waals surface area contributed by atoms with E-state index in [2.05, 4.69) is 182 Å². The van der Waals surface area contributed by atoms with E-state index in [1.807, 2.05) is 7.11 Å². The Bertz CT molecular complexity index is 1760. The first kappa shape index (κ1) is 27.8. The maximum Gasteiger partial charge on any atom is 0.267 e. The van der Waals surface area contributed by atoms with Crippen LogP contribution in [0.25, 0.3) is 22.3 Å². The third-order valence-corrected chi connectivity index (χ3v) is 13.2. The van der Waals surface area contributed by atoms with Gasteiger partial charge in [-0.2, -0.15) is 0 Å². The second kappa shape index (κ2) is 12.3. The molecule has 0 aromatic heterocycles. The Morgan fingerprint density at radius 2 is 0.636 bits per heavy atom. The van der Waals surface area contributed by atoms with Crippen LogP contribution in [-0.2, 0) is 4.43 Å². The third kappa shape index (κ3) is 4.79. The van der Waals surface area contributed by atoms with Gasteiger partial charge < -0.3 is 4.43 Å². The molecule has 1 aliphatic carbocycles. The molecule has 0 bridgehead atoms. The molecule has 0 saturated heterocycles. The number of benzene rings is 6. The number of rotatable bonds is 8. The van der Waals surface area contributed by atoms with Crippen molar-refractivity contribution in [3.8, 4) is 0 Å². The van der Waals surface area contributed by atoms with Crippen molar-refractivity contribution in [1.82, 2.24) is 0 Å². The highest BCUT2D eigenvalue weighted by Gasteiger charge is 2.54. The van der Waals surface area contributed by atoms with Crippen LogP contribution in [0.2, 0.25) is 5.54 Å². The van der Waals surface area contributed by atoms with Crippen molar-refractivity contribution in [2.45, 2.75) is 5.54 Å². The highest BCUT2D eigenvalue weighted by molar-refractivity contribution is 7.01. The van der Waals surface area contributed by atoms with Crippen molar-refractivity contribution in [1.29, 1.82) is 0 Å². The minimum absolute atomic E-state index is 0.0486. The zero-order valence-electron chi connectivity index (χ0n) is 24.8. The fraction of sp³-hybridized carbons (Fsp3) is 0.0476. The molecule has 1 aliphatic rings. The first-order valence-corrected chi connectivity index (χ1v) is 17.2. The first-order chi connectivity index (χ1) is 21.8. The van der Waals surface area contributed by atoms with Crippen LogP contribution in [0, 0.1) is 0 Å². The standard InChI is InChI=1S/C42H34OSi/c1-43-44(36-28-16-6-17-29-36,37-30-18-7-19-31-37)42-40(34-24-12-4-13-25-34)38(32-20-8-2-9-21-32)39(33-22-10-3-11-23-33)41(42)35-26-14-5-15-27-35/h2-31,42H,1H3. The normalized spacial score (nSPS) is 13.8. The van der Waals surface area contributed by atoms with Crippen molar-refractivity contribution in [3.63, 3.8) is 0 Å². The van der Waals surface area contributed by atoms with Crippen molar-refractivity contribution < 1.29 is 4.43 Å². The van der Waals surface area contributed by atoms with Crippen molar-refractivity contribution >= 4 is 41.0 Å². The fourth-order valence-corrected chi connectivity index (χ4v) is 11.5. The van der Waals surface area contributed by atoms with E-state index >= 15 is 0 Å². The topological polar surface area (TPSA) is 9.23 Å². The lowest BCUT2D eigenvalue weighted by molar-refractivity contribution is 0.414. The second-order valence-corrected chi connectivity index (χ2v) is 14.8. The Labute approximate surface area is 261 Å². The number of hydrogen-bond acceptors (Lipinski definition) is 1. The number of allylic oxidation sites excluding steroid dienone is 4. The van der Waals surface area contributed by atoms with E-state index in [1.54, 1.807) is 0 Å². The fourth-order valence-electron chi connectivity index (χ4n) is 7.00. The summed E-state index contributed by atoms with van der Waals surface area (Å²) in [5.41, 5.74) is 9.98. The average Bonchev–Trinajstić information content (AvgIpc) is 3.48. The van der Waals surface area contributed by atoms with Crippen LogP contribution >= 0.6 is 0 Å². The lowest BCUT2D eigenvalue weighted by Gasteiger charge is -2.39. The quantitative estimate of drug-likeness (QED) is 0.163. The van der Waals surface area contributed by atoms with Crippen LogP contribution in [0.5, 0.6) is 0 Å². The molecule has 0 unspecified atom stereocenters. The molecule has 6 aromatic rings. The van der Waals surface area contributed by atoms with E-state index in [9.17, 15) is 0 Å². The zero-order valence-corrected chi connectivity index (χ0v) is 25.8. The summed E-state index contributed by atoms with van der Waals surface area (Å²) in [4.78, 5) is 0. The molecule has 0 heterocycles. The molecule has 44 heavy (non-hydrogen) atoms. The van der Waals surface area contributed by atoms with Gasteiger partial charge in [-0.05, 0) is 54.9 Å².